The van der Waals surface area contributed by atoms with Gasteiger partial charge in [0.15, 0.2) is 6.61 Å². The molecule has 0 saturated heterocycles. The van der Waals surface area contributed by atoms with Crippen LogP contribution in [0, 0.1) is 0 Å². The molecule has 1 amide bonds. The molecule has 0 bridgehead atoms. The Hall–Kier alpha value is -3.18. The molecule has 5 nitrogen and oxygen atoms in total. The van der Waals surface area contributed by atoms with E-state index in [2.05, 4.69) is 63.6 Å². The first-order valence-corrected chi connectivity index (χ1v) is 11.2. The van der Waals surface area contributed by atoms with Crippen LogP contribution in [0.4, 0.5) is 11.4 Å². The van der Waals surface area contributed by atoms with E-state index in [1.54, 1.807) is 24.3 Å². The lowest BCUT2D eigenvalue weighted by molar-refractivity contribution is -0.123. The molecule has 0 spiro atoms. The van der Waals surface area contributed by atoms with Crippen molar-refractivity contribution >= 4 is 28.9 Å². The Kier molecular flexibility index (Phi) is 6.86. The van der Waals surface area contributed by atoms with Crippen LogP contribution >= 0.6 is 11.6 Å². The Balaban J connectivity index is 1.47. The number of halogens is 1. The fourth-order valence-corrected chi connectivity index (χ4v) is 4.16. The van der Waals surface area contributed by atoms with Gasteiger partial charge in [0.05, 0.1) is 6.04 Å². The summed E-state index contributed by atoms with van der Waals surface area (Å²) < 4.78 is 5.59. The van der Waals surface area contributed by atoms with Crippen LogP contribution in [0.5, 0.6) is 5.75 Å². The van der Waals surface area contributed by atoms with Gasteiger partial charge in [-0.05, 0) is 60.0 Å². The fraction of sp³-hybridized carbons (Fsp3) is 0.269. The number of fused-ring (bicyclic) bond motifs is 1. The van der Waals surface area contributed by atoms with Crippen molar-refractivity contribution in [2.75, 3.05) is 43.6 Å². The molecule has 1 heterocycles. The summed E-state index contributed by atoms with van der Waals surface area (Å²) in [5, 5.41) is 3.70. The van der Waals surface area contributed by atoms with Crippen molar-refractivity contribution in [3.05, 3.63) is 88.9 Å². The van der Waals surface area contributed by atoms with Crippen LogP contribution in [0.15, 0.2) is 72.8 Å². The summed E-state index contributed by atoms with van der Waals surface area (Å²) in [5.41, 5.74) is 4.90. The summed E-state index contributed by atoms with van der Waals surface area (Å²) in [6.45, 7) is 1.39. The first kappa shape index (κ1) is 22.0. The lowest BCUT2D eigenvalue weighted by Crippen LogP contribution is -2.39. The summed E-state index contributed by atoms with van der Waals surface area (Å²) in [7, 11) is 4.06. The highest BCUT2D eigenvalue weighted by Gasteiger charge is 2.27. The average molecular weight is 450 g/mol. The van der Waals surface area contributed by atoms with Gasteiger partial charge in [-0.25, -0.2) is 0 Å². The van der Waals surface area contributed by atoms with Gasteiger partial charge < -0.3 is 19.9 Å². The van der Waals surface area contributed by atoms with E-state index in [4.69, 9.17) is 16.3 Å². The molecule has 4 rings (SSSR count). The van der Waals surface area contributed by atoms with Crippen LogP contribution in [0.25, 0.3) is 0 Å². The summed E-state index contributed by atoms with van der Waals surface area (Å²) in [6, 6.07) is 24.1. The standard InChI is InChI=1S/C26H28ClN3O2/c1-29(2)22-11-7-20(8-12-22)25(30-16-15-19-5-3-4-6-24(19)30)17-28-26(31)18-32-23-13-9-21(27)10-14-23/h3-14,25H,15-18H2,1-2H3,(H,28,31)/t25-/m1/s1. The minimum Gasteiger partial charge on any atom is -0.484 e. The number of para-hydroxylation sites is 1. The maximum atomic E-state index is 12.5. The molecule has 0 aromatic heterocycles. The number of nitrogens with one attached hydrogen (secondary N) is 1. The number of anilines is 2. The van der Waals surface area contributed by atoms with E-state index in [1.807, 2.05) is 14.1 Å². The maximum Gasteiger partial charge on any atom is 0.258 e. The van der Waals surface area contributed by atoms with Crippen molar-refractivity contribution in [1.29, 1.82) is 0 Å². The van der Waals surface area contributed by atoms with E-state index in [9.17, 15) is 4.79 Å². The number of benzene rings is 3. The SMILES string of the molecule is CN(C)c1ccc([C@@H](CNC(=O)COc2ccc(Cl)cc2)N2CCc3ccccc32)cc1. The van der Waals surface area contributed by atoms with Crippen molar-refractivity contribution in [1.82, 2.24) is 5.32 Å². The van der Waals surface area contributed by atoms with E-state index in [1.165, 1.54) is 16.8 Å². The van der Waals surface area contributed by atoms with Crippen LogP contribution in [-0.4, -0.2) is 39.7 Å². The molecule has 0 unspecified atom stereocenters. The molecule has 0 aliphatic carbocycles. The number of hydrogen-bond donors (Lipinski definition) is 1. The third-order valence-electron chi connectivity index (χ3n) is 5.77. The maximum absolute atomic E-state index is 12.5. The van der Waals surface area contributed by atoms with Crippen LogP contribution in [0.1, 0.15) is 17.2 Å². The first-order valence-electron chi connectivity index (χ1n) is 10.8. The number of hydrogen-bond acceptors (Lipinski definition) is 4. The molecule has 0 fully saturated rings. The van der Waals surface area contributed by atoms with Crippen molar-refractivity contribution in [2.24, 2.45) is 0 Å². The number of nitrogens with zero attached hydrogens (tertiary/aromatic N) is 2. The van der Waals surface area contributed by atoms with Crippen LogP contribution in [0.2, 0.25) is 5.02 Å². The van der Waals surface area contributed by atoms with Gasteiger partial charge in [-0.15, -0.1) is 0 Å². The van der Waals surface area contributed by atoms with Crippen molar-refractivity contribution < 1.29 is 9.53 Å². The second-order valence-electron chi connectivity index (χ2n) is 8.12. The normalized spacial score (nSPS) is 13.4. The predicted molar refractivity (Wildman–Crippen MR) is 131 cm³/mol. The molecule has 1 atom stereocenters. The van der Waals surface area contributed by atoms with Crippen LogP contribution < -0.4 is 19.9 Å². The molecule has 1 aliphatic heterocycles. The van der Waals surface area contributed by atoms with Gasteiger partial charge in [0, 0.05) is 43.6 Å². The summed E-state index contributed by atoms with van der Waals surface area (Å²) in [6.07, 6.45) is 1.01. The quantitative estimate of drug-likeness (QED) is 0.541. The third-order valence-corrected chi connectivity index (χ3v) is 6.02. The molecular formula is C26H28ClN3O2. The minimum absolute atomic E-state index is 0.0364. The predicted octanol–water partition coefficient (Wildman–Crippen LogP) is 4.71. The number of carbonyl (C=O) groups is 1. The molecule has 32 heavy (non-hydrogen) atoms. The van der Waals surface area contributed by atoms with E-state index in [0.717, 1.165) is 18.7 Å². The van der Waals surface area contributed by atoms with Crippen LogP contribution in [-0.2, 0) is 11.2 Å². The number of rotatable bonds is 8. The third kappa shape index (κ3) is 5.17. The highest BCUT2D eigenvalue weighted by Crippen LogP contribution is 2.35. The van der Waals surface area contributed by atoms with Gasteiger partial charge in [0.2, 0.25) is 0 Å². The van der Waals surface area contributed by atoms with Gasteiger partial charge in [-0.3, -0.25) is 4.79 Å². The number of amides is 1. The average Bonchev–Trinajstić information content (AvgIpc) is 3.23. The van der Waals surface area contributed by atoms with Gasteiger partial charge in [-0.1, -0.05) is 41.9 Å². The van der Waals surface area contributed by atoms with Gasteiger partial charge >= 0.3 is 0 Å². The summed E-state index contributed by atoms with van der Waals surface area (Å²) in [4.78, 5) is 17.0. The number of ether oxygens (including phenoxy) is 1. The zero-order valence-electron chi connectivity index (χ0n) is 18.4. The molecular weight excluding hydrogens is 422 g/mol. The Morgan fingerprint density at radius 3 is 2.50 bits per heavy atom. The lowest BCUT2D eigenvalue weighted by Gasteiger charge is -2.31. The molecule has 1 aliphatic rings. The second-order valence-corrected chi connectivity index (χ2v) is 8.56. The zero-order chi connectivity index (χ0) is 22.5. The van der Waals surface area contributed by atoms with E-state index in [-0.39, 0.29) is 18.6 Å². The Bertz CT molecular complexity index is 1050. The molecule has 6 heteroatoms. The van der Waals surface area contributed by atoms with Gasteiger partial charge in [0.25, 0.3) is 5.91 Å². The molecule has 166 valence electrons. The Morgan fingerprint density at radius 2 is 1.78 bits per heavy atom. The van der Waals surface area contributed by atoms with Crippen molar-refractivity contribution in [2.45, 2.75) is 12.5 Å². The monoisotopic (exact) mass is 449 g/mol. The molecule has 3 aromatic rings. The molecule has 1 N–H and O–H groups in total. The van der Waals surface area contributed by atoms with Gasteiger partial charge in [-0.2, -0.15) is 0 Å². The van der Waals surface area contributed by atoms with E-state index in [0.29, 0.717) is 17.3 Å². The van der Waals surface area contributed by atoms with E-state index < -0.39 is 0 Å². The van der Waals surface area contributed by atoms with Crippen molar-refractivity contribution in [3.63, 3.8) is 0 Å². The Labute approximate surface area is 194 Å². The van der Waals surface area contributed by atoms with Gasteiger partial charge in [0.1, 0.15) is 5.75 Å². The zero-order valence-corrected chi connectivity index (χ0v) is 19.2. The lowest BCUT2D eigenvalue weighted by atomic mass is 10.0. The van der Waals surface area contributed by atoms with Crippen LogP contribution in [0.3, 0.4) is 0 Å². The minimum atomic E-state index is -0.151. The molecule has 3 aromatic carbocycles. The topological polar surface area (TPSA) is 44.8 Å². The van der Waals surface area contributed by atoms with Crippen molar-refractivity contribution in [3.8, 4) is 5.75 Å². The molecule has 0 radical (unpaired) electrons. The highest BCUT2D eigenvalue weighted by molar-refractivity contribution is 6.30. The second kappa shape index (κ2) is 9.96. The first-order chi connectivity index (χ1) is 15.5. The fourth-order valence-electron chi connectivity index (χ4n) is 4.03. The largest absolute Gasteiger partial charge is 0.484 e. The summed E-state index contributed by atoms with van der Waals surface area (Å²) in [5.74, 6) is 0.469. The molecule has 0 saturated carbocycles. The highest BCUT2D eigenvalue weighted by atomic mass is 35.5. The smallest absolute Gasteiger partial charge is 0.258 e. The van der Waals surface area contributed by atoms with E-state index >= 15 is 0 Å². The number of carbonyl (C=O) groups excluding carboxylic acids is 1. The summed E-state index contributed by atoms with van der Waals surface area (Å²) >= 11 is 5.90. The Morgan fingerprint density at radius 1 is 1.06 bits per heavy atom.